The van der Waals surface area contributed by atoms with Gasteiger partial charge in [0, 0.05) is 4.47 Å². The Hall–Kier alpha value is -1.12. The first-order chi connectivity index (χ1) is 8.22. The van der Waals surface area contributed by atoms with Crippen molar-refractivity contribution in [3.8, 4) is 0 Å². The van der Waals surface area contributed by atoms with Gasteiger partial charge in [-0.25, -0.2) is 0 Å². The van der Waals surface area contributed by atoms with Gasteiger partial charge in [-0.05, 0) is 35.2 Å². The van der Waals surface area contributed by atoms with Crippen molar-refractivity contribution in [2.24, 2.45) is 0 Å². The predicted molar refractivity (Wildman–Crippen MR) is 74.0 cm³/mol. The highest BCUT2D eigenvalue weighted by atomic mass is 79.9. The van der Waals surface area contributed by atoms with Crippen LogP contribution in [0.3, 0.4) is 0 Å². The van der Waals surface area contributed by atoms with Gasteiger partial charge in [-0.15, -0.1) is 0 Å². The van der Waals surface area contributed by atoms with Crippen molar-refractivity contribution in [3.63, 3.8) is 0 Å². The van der Waals surface area contributed by atoms with Crippen LogP contribution in [0.2, 0.25) is 0 Å². The summed E-state index contributed by atoms with van der Waals surface area (Å²) < 4.78 is 0.989. The molecule has 0 spiro atoms. The molecule has 0 saturated carbocycles. The zero-order valence-electron chi connectivity index (χ0n) is 9.73. The monoisotopic (exact) mass is 290 g/mol. The van der Waals surface area contributed by atoms with E-state index < -0.39 is 6.10 Å². The molecular formula is C15H15BrO. The number of halogens is 1. The first-order valence-corrected chi connectivity index (χ1v) is 6.53. The maximum absolute atomic E-state index is 10.4. The van der Waals surface area contributed by atoms with Crippen LogP contribution in [-0.4, -0.2) is 5.11 Å². The van der Waals surface area contributed by atoms with E-state index in [9.17, 15) is 5.11 Å². The predicted octanol–water partition coefficient (Wildman–Crippen LogP) is 4.09. The maximum atomic E-state index is 10.4. The fourth-order valence-corrected chi connectivity index (χ4v) is 2.40. The third-order valence-electron chi connectivity index (χ3n) is 2.89. The van der Waals surface area contributed by atoms with Crippen LogP contribution in [0.15, 0.2) is 53.0 Å². The SMILES string of the molecule is CCc1ccccc1[C@H](O)c1cccc(Br)c1. The van der Waals surface area contributed by atoms with Crippen LogP contribution < -0.4 is 0 Å². The molecule has 0 fully saturated rings. The van der Waals surface area contributed by atoms with E-state index >= 15 is 0 Å². The number of hydrogen-bond donors (Lipinski definition) is 1. The van der Waals surface area contributed by atoms with Crippen molar-refractivity contribution >= 4 is 15.9 Å². The molecule has 2 aromatic rings. The molecule has 2 heteroatoms. The molecule has 1 N–H and O–H groups in total. The van der Waals surface area contributed by atoms with Gasteiger partial charge in [0.15, 0.2) is 0 Å². The molecule has 0 aliphatic heterocycles. The van der Waals surface area contributed by atoms with Crippen LogP contribution >= 0.6 is 15.9 Å². The zero-order valence-corrected chi connectivity index (χ0v) is 11.3. The summed E-state index contributed by atoms with van der Waals surface area (Å²) in [4.78, 5) is 0. The highest BCUT2D eigenvalue weighted by molar-refractivity contribution is 9.10. The summed E-state index contributed by atoms with van der Waals surface area (Å²) in [5.41, 5.74) is 3.10. The number of benzene rings is 2. The first-order valence-electron chi connectivity index (χ1n) is 5.73. The Morgan fingerprint density at radius 3 is 2.59 bits per heavy atom. The lowest BCUT2D eigenvalue weighted by molar-refractivity contribution is 0.219. The molecule has 0 amide bonds. The largest absolute Gasteiger partial charge is 0.384 e. The van der Waals surface area contributed by atoms with Gasteiger partial charge in [-0.1, -0.05) is 59.3 Å². The Morgan fingerprint density at radius 2 is 1.88 bits per heavy atom. The number of aryl methyl sites for hydroxylation is 1. The van der Waals surface area contributed by atoms with E-state index in [1.54, 1.807) is 0 Å². The van der Waals surface area contributed by atoms with E-state index in [2.05, 4.69) is 28.9 Å². The summed E-state index contributed by atoms with van der Waals surface area (Å²) in [5, 5.41) is 10.4. The van der Waals surface area contributed by atoms with E-state index in [0.29, 0.717) is 0 Å². The molecule has 0 heterocycles. The van der Waals surface area contributed by atoms with Gasteiger partial charge in [0.05, 0.1) is 0 Å². The van der Waals surface area contributed by atoms with Gasteiger partial charge in [-0.2, -0.15) is 0 Å². The maximum Gasteiger partial charge on any atom is 0.104 e. The third-order valence-corrected chi connectivity index (χ3v) is 3.39. The molecule has 0 saturated heterocycles. The Labute approximate surface area is 110 Å². The molecule has 0 aromatic heterocycles. The van der Waals surface area contributed by atoms with Crippen LogP contribution in [0.1, 0.15) is 29.7 Å². The molecular weight excluding hydrogens is 276 g/mol. The molecule has 0 radical (unpaired) electrons. The second-order valence-electron chi connectivity index (χ2n) is 4.01. The van der Waals surface area contributed by atoms with Crippen LogP contribution in [0.4, 0.5) is 0 Å². The molecule has 17 heavy (non-hydrogen) atoms. The number of rotatable bonds is 3. The number of aliphatic hydroxyl groups is 1. The lowest BCUT2D eigenvalue weighted by atomic mass is 9.96. The molecule has 0 aliphatic rings. The van der Waals surface area contributed by atoms with Crippen LogP contribution in [-0.2, 0) is 6.42 Å². The van der Waals surface area contributed by atoms with Gasteiger partial charge in [-0.3, -0.25) is 0 Å². The van der Waals surface area contributed by atoms with Gasteiger partial charge in [0.25, 0.3) is 0 Å². The lowest BCUT2D eigenvalue weighted by Gasteiger charge is -2.15. The van der Waals surface area contributed by atoms with Crippen molar-refractivity contribution < 1.29 is 5.11 Å². The van der Waals surface area contributed by atoms with Gasteiger partial charge < -0.3 is 5.11 Å². The van der Waals surface area contributed by atoms with Crippen molar-refractivity contribution in [2.75, 3.05) is 0 Å². The summed E-state index contributed by atoms with van der Waals surface area (Å²) >= 11 is 3.43. The molecule has 2 aromatic carbocycles. The number of hydrogen-bond acceptors (Lipinski definition) is 1. The van der Waals surface area contributed by atoms with E-state index in [4.69, 9.17) is 0 Å². The molecule has 0 aliphatic carbocycles. The molecule has 0 bridgehead atoms. The summed E-state index contributed by atoms with van der Waals surface area (Å²) in [5.74, 6) is 0. The highest BCUT2D eigenvalue weighted by Crippen LogP contribution is 2.26. The van der Waals surface area contributed by atoms with Gasteiger partial charge in [0.1, 0.15) is 6.10 Å². The van der Waals surface area contributed by atoms with Crippen LogP contribution in [0.25, 0.3) is 0 Å². The second-order valence-corrected chi connectivity index (χ2v) is 4.93. The zero-order chi connectivity index (χ0) is 12.3. The van der Waals surface area contributed by atoms with E-state index in [-0.39, 0.29) is 0 Å². The topological polar surface area (TPSA) is 20.2 Å². The fourth-order valence-electron chi connectivity index (χ4n) is 1.98. The summed E-state index contributed by atoms with van der Waals surface area (Å²) in [7, 11) is 0. The Morgan fingerprint density at radius 1 is 1.12 bits per heavy atom. The molecule has 1 atom stereocenters. The van der Waals surface area contributed by atoms with Crippen molar-refractivity contribution in [1.29, 1.82) is 0 Å². The second kappa shape index (κ2) is 5.48. The minimum absolute atomic E-state index is 0.552. The summed E-state index contributed by atoms with van der Waals surface area (Å²) in [6, 6.07) is 15.8. The van der Waals surface area contributed by atoms with E-state index in [0.717, 1.165) is 22.0 Å². The Bertz CT molecular complexity index is 508. The van der Waals surface area contributed by atoms with Gasteiger partial charge in [0.2, 0.25) is 0 Å². The molecule has 0 unspecified atom stereocenters. The first kappa shape index (κ1) is 12.3. The standard InChI is InChI=1S/C15H15BrO/c1-2-11-6-3-4-9-14(11)15(17)12-7-5-8-13(16)10-12/h3-10,15,17H,2H2,1H3/t15-/m1/s1. The quantitative estimate of drug-likeness (QED) is 0.903. The molecule has 2 rings (SSSR count). The summed E-state index contributed by atoms with van der Waals surface area (Å²) in [6.45, 7) is 2.10. The highest BCUT2D eigenvalue weighted by Gasteiger charge is 2.13. The average molecular weight is 291 g/mol. The molecule has 1 nitrogen and oxygen atoms in total. The number of aliphatic hydroxyl groups excluding tert-OH is 1. The minimum atomic E-state index is -0.552. The van der Waals surface area contributed by atoms with Crippen molar-refractivity contribution in [3.05, 3.63) is 69.7 Å². The van der Waals surface area contributed by atoms with E-state index in [1.165, 1.54) is 5.56 Å². The molecule has 88 valence electrons. The lowest BCUT2D eigenvalue weighted by Crippen LogP contribution is -2.03. The average Bonchev–Trinajstić information content (AvgIpc) is 2.38. The third kappa shape index (κ3) is 2.76. The Kier molecular flexibility index (Phi) is 3.97. The fraction of sp³-hybridized carbons (Fsp3) is 0.200. The van der Waals surface area contributed by atoms with Crippen LogP contribution in [0, 0.1) is 0 Å². The van der Waals surface area contributed by atoms with Crippen molar-refractivity contribution in [2.45, 2.75) is 19.4 Å². The summed E-state index contributed by atoms with van der Waals surface area (Å²) in [6.07, 6.45) is 0.380. The smallest absolute Gasteiger partial charge is 0.104 e. The van der Waals surface area contributed by atoms with E-state index in [1.807, 2.05) is 42.5 Å². The Balaban J connectivity index is 2.40. The minimum Gasteiger partial charge on any atom is -0.384 e. The van der Waals surface area contributed by atoms with Crippen LogP contribution in [0.5, 0.6) is 0 Å². The normalized spacial score (nSPS) is 12.4. The van der Waals surface area contributed by atoms with Crippen molar-refractivity contribution in [1.82, 2.24) is 0 Å². The van der Waals surface area contributed by atoms with Gasteiger partial charge >= 0.3 is 0 Å².